The molecule has 2 nitrogen and oxygen atoms in total. The Balaban J connectivity index is 1.63. The molecule has 0 aromatic rings. The van der Waals surface area contributed by atoms with Crippen molar-refractivity contribution >= 4 is 0 Å². The third kappa shape index (κ3) is 3.96. The van der Waals surface area contributed by atoms with Gasteiger partial charge in [-0.15, -0.1) is 6.58 Å². The first-order chi connectivity index (χ1) is 7.38. The summed E-state index contributed by atoms with van der Waals surface area (Å²) in [6.45, 7) is 8.85. The maximum absolute atomic E-state index is 3.79. The summed E-state index contributed by atoms with van der Waals surface area (Å²) in [6.07, 6.45) is 8.80. The first-order valence-corrected chi connectivity index (χ1v) is 6.45. The van der Waals surface area contributed by atoms with Gasteiger partial charge in [0.15, 0.2) is 0 Å². The molecule has 2 heteroatoms. The first-order valence-electron chi connectivity index (χ1n) is 6.45. The number of rotatable bonds is 6. The van der Waals surface area contributed by atoms with Crippen molar-refractivity contribution in [3.05, 3.63) is 12.7 Å². The smallest absolute Gasteiger partial charge is 0.00683 e. The second-order valence-electron chi connectivity index (χ2n) is 5.07. The van der Waals surface area contributed by atoms with Crippen molar-refractivity contribution in [2.75, 3.05) is 26.2 Å². The van der Waals surface area contributed by atoms with E-state index in [9.17, 15) is 0 Å². The minimum Gasteiger partial charge on any atom is -0.314 e. The molecule has 0 bridgehead atoms. The van der Waals surface area contributed by atoms with Gasteiger partial charge in [-0.2, -0.15) is 0 Å². The molecule has 1 saturated heterocycles. The van der Waals surface area contributed by atoms with Gasteiger partial charge in [-0.3, -0.25) is 0 Å². The number of nitrogens with zero attached hydrogens (tertiary/aromatic N) is 1. The molecule has 0 aromatic heterocycles. The molecule has 86 valence electrons. The zero-order chi connectivity index (χ0) is 10.5. The predicted molar refractivity (Wildman–Crippen MR) is 65.0 cm³/mol. The zero-order valence-corrected chi connectivity index (χ0v) is 9.75. The molecule has 1 N–H and O–H groups in total. The van der Waals surface area contributed by atoms with E-state index in [-0.39, 0.29) is 0 Å². The molecule has 0 radical (unpaired) electrons. The van der Waals surface area contributed by atoms with Gasteiger partial charge in [-0.25, -0.2) is 0 Å². The summed E-state index contributed by atoms with van der Waals surface area (Å²) < 4.78 is 0. The molecule has 0 amide bonds. The lowest BCUT2D eigenvalue weighted by Crippen LogP contribution is -2.40. The topological polar surface area (TPSA) is 15.3 Å². The van der Waals surface area contributed by atoms with Gasteiger partial charge in [-0.05, 0) is 51.1 Å². The number of hydrogen-bond acceptors (Lipinski definition) is 2. The standard InChI is InChI=1S/C13H24N2/c1-2-3-8-15-9-4-5-12(11-15)10-14-13-6-7-13/h2,12-14H,1,3-11H2. The van der Waals surface area contributed by atoms with Crippen molar-refractivity contribution < 1.29 is 0 Å². The van der Waals surface area contributed by atoms with E-state index in [2.05, 4.69) is 16.8 Å². The maximum Gasteiger partial charge on any atom is 0.00683 e. The van der Waals surface area contributed by atoms with Crippen molar-refractivity contribution in [1.82, 2.24) is 10.2 Å². The Hall–Kier alpha value is -0.340. The van der Waals surface area contributed by atoms with Crippen LogP contribution < -0.4 is 5.32 Å². The van der Waals surface area contributed by atoms with Crippen LogP contribution >= 0.6 is 0 Å². The Morgan fingerprint density at radius 2 is 2.20 bits per heavy atom. The number of hydrogen-bond donors (Lipinski definition) is 1. The summed E-state index contributed by atoms with van der Waals surface area (Å²) in [4.78, 5) is 2.60. The molecular formula is C13H24N2. The third-order valence-corrected chi connectivity index (χ3v) is 3.53. The van der Waals surface area contributed by atoms with Crippen molar-refractivity contribution in [2.24, 2.45) is 5.92 Å². The van der Waals surface area contributed by atoms with Crippen LogP contribution in [0.2, 0.25) is 0 Å². The van der Waals surface area contributed by atoms with Crippen molar-refractivity contribution in [3.63, 3.8) is 0 Å². The summed E-state index contributed by atoms with van der Waals surface area (Å²) in [7, 11) is 0. The fourth-order valence-corrected chi connectivity index (χ4v) is 2.42. The molecule has 1 atom stereocenters. The minimum atomic E-state index is 0.869. The Kier molecular flexibility index (Phi) is 4.21. The highest BCUT2D eigenvalue weighted by atomic mass is 15.1. The highest BCUT2D eigenvalue weighted by Crippen LogP contribution is 2.21. The Morgan fingerprint density at radius 3 is 2.93 bits per heavy atom. The second kappa shape index (κ2) is 5.66. The highest BCUT2D eigenvalue weighted by Gasteiger charge is 2.24. The summed E-state index contributed by atoms with van der Waals surface area (Å²) >= 11 is 0. The van der Waals surface area contributed by atoms with Gasteiger partial charge in [0.05, 0.1) is 0 Å². The van der Waals surface area contributed by atoms with Crippen LogP contribution in [0, 0.1) is 5.92 Å². The molecule has 2 fully saturated rings. The SMILES string of the molecule is C=CCCN1CCCC(CNC2CC2)C1. The van der Waals surface area contributed by atoms with E-state index in [1.807, 2.05) is 6.08 Å². The Morgan fingerprint density at radius 1 is 1.33 bits per heavy atom. The minimum absolute atomic E-state index is 0.869. The lowest BCUT2D eigenvalue weighted by Gasteiger charge is -2.32. The van der Waals surface area contributed by atoms with Crippen molar-refractivity contribution in [3.8, 4) is 0 Å². The summed E-state index contributed by atoms with van der Waals surface area (Å²) in [5, 5.41) is 3.66. The van der Waals surface area contributed by atoms with E-state index < -0.39 is 0 Å². The van der Waals surface area contributed by atoms with Crippen molar-refractivity contribution in [1.29, 1.82) is 0 Å². The molecule has 0 spiro atoms. The van der Waals surface area contributed by atoms with E-state index in [0.717, 1.165) is 18.4 Å². The molecule has 1 heterocycles. The largest absolute Gasteiger partial charge is 0.314 e. The molecule has 1 aliphatic carbocycles. The molecule has 1 saturated carbocycles. The van der Waals surface area contributed by atoms with E-state index in [1.54, 1.807) is 0 Å². The third-order valence-electron chi connectivity index (χ3n) is 3.53. The average molecular weight is 208 g/mol. The quantitative estimate of drug-likeness (QED) is 0.672. The molecule has 0 aromatic carbocycles. The number of nitrogens with one attached hydrogen (secondary N) is 1. The van der Waals surface area contributed by atoms with Gasteiger partial charge in [-0.1, -0.05) is 6.08 Å². The summed E-state index contributed by atoms with van der Waals surface area (Å²) in [5.74, 6) is 0.893. The monoisotopic (exact) mass is 208 g/mol. The van der Waals surface area contributed by atoms with Crippen LogP contribution in [0.15, 0.2) is 12.7 Å². The Labute approximate surface area is 93.7 Å². The lowest BCUT2D eigenvalue weighted by molar-refractivity contribution is 0.175. The van der Waals surface area contributed by atoms with Gasteiger partial charge in [0.25, 0.3) is 0 Å². The van der Waals surface area contributed by atoms with Crippen LogP contribution in [-0.2, 0) is 0 Å². The van der Waals surface area contributed by atoms with Crippen LogP contribution in [0.4, 0.5) is 0 Å². The van der Waals surface area contributed by atoms with Crippen LogP contribution in [-0.4, -0.2) is 37.1 Å². The van der Waals surface area contributed by atoms with Gasteiger partial charge < -0.3 is 10.2 Å². The van der Waals surface area contributed by atoms with Gasteiger partial charge >= 0.3 is 0 Å². The molecule has 2 rings (SSSR count). The van der Waals surface area contributed by atoms with E-state index in [4.69, 9.17) is 0 Å². The van der Waals surface area contributed by atoms with Crippen LogP contribution in [0.25, 0.3) is 0 Å². The zero-order valence-electron chi connectivity index (χ0n) is 9.75. The van der Waals surface area contributed by atoms with Gasteiger partial charge in [0, 0.05) is 19.1 Å². The van der Waals surface area contributed by atoms with Crippen LogP contribution in [0.5, 0.6) is 0 Å². The molecule has 1 unspecified atom stereocenters. The van der Waals surface area contributed by atoms with Crippen LogP contribution in [0.3, 0.4) is 0 Å². The van der Waals surface area contributed by atoms with E-state index in [1.165, 1.54) is 51.9 Å². The van der Waals surface area contributed by atoms with E-state index in [0.29, 0.717) is 0 Å². The van der Waals surface area contributed by atoms with Gasteiger partial charge in [0.2, 0.25) is 0 Å². The number of likely N-dealkylation sites (tertiary alicyclic amines) is 1. The van der Waals surface area contributed by atoms with E-state index >= 15 is 0 Å². The molecular weight excluding hydrogens is 184 g/mol. The van der Waals surface area contributed by atoms with Crippen molar-refractivity contribution in [2.45, 2.75) is 38.1 Å². The molecule has 2 aliphatic rings. The molecule has 15 heavy (non-hydrogen) atoms. The lowest BCUT2D eigenvalue weighted by atomic mass is 9.98. The number of piperidine rings is 1. The van der Waals surface area contributed by atoms with Crippen LogP contribution in [0.1, 0.15) is 32.1 Å². The Bertz CT molecular complexity index is 199. The normalized spacial score (nSPS) is 27.9. The highest BCUT2D eigenvalue weighted by molar-refractivity contribution is 4.84. The fraction of sp³-hybridized carbons (Fsp3) is 0.846. The predicted octanol–water partition coefficient (Wildman–Crippen LogP) is 2.03. The maximum atomic E-state index is 3.79. The summed E-state index contributed by atoms with van der Waals surface area (Å²) in [5.41, 5.74) is 0. The second-order valence-corrected chi connectivity index (χ2v) is 5.07. The molecule has 1 aliphatic heterocycles. The average Bonchev–Trinajstić information content (AvgIpc) is 3.08. The summed E-state index contributed by atoms with van der Waals surface area (Å²) in [6, 6.07) is 0.869. The van der Waals surface area contributed by atoms with Gasteiger partial charge in [0.1, 0.15) is 0 Å². The fourth-order valence-electron chi connectivity index (χ4n) is 2.42. The first kappa shape index (κ1) is 11.2.